The summed E-state index contributed by atoms with van der Waals surface area (Å²) in [7, 11) is 0. The Hall–Kier alpha value is -1.36. The molecule has 0 atom stereocenters. The highest BCUT2D eigenvalue weighted by atomic mass is 16.5. The normalized spacial score (nSPS) is 9.08. The third-order valence-electron chi connectivity index (χ3n) is 0.777. The van der Waals surface area contributed by atoms with Gasteiger partial charge in [-0.1, -0.05) is 0 Å². The Morgan fingerprint density at radius 3 is 1.46 bits per heavy atom. The van der Waals surface area contributed by atoms with Crippen molar-refractivity contribution in [2.75, 3.05) is 13.2 Å². The lowest BCUT2D eigenvalue weighted by Crippen LogP contribution is -1.91. The van der Waals surface area contributed by atoms with Crippen LogP contribution in [0.3, 0.4) is 0 Å². The fraction of sp³-hybridized carbons (Fsp3) is 0.500. The SMILES string of the molecule is CCOCC.O=C(O)/C=C\C(=O)O. The molecule has 0 aromatic carbocycles. The molecule has 2 N–H and O–H groups in total. The molecule has 5 heteroatoms. The first kappa shape index (κ1) is 14.2. The molecule has 0 amide bonds. The highest BCUT2D eigenvalue weighted by molar-refractivity contribution is 5.89. The van der Waals surface area contributed by atoms with E-state index in [4.69, 9.17) is 14.9 Å². The quantitative estimate of drug-likeness (QED) is 0.639. The zero-order chi connectivity index (χ0) is 10.7. The molecule has 0 radical (unpaired) electrons. The van der Waals surface area contributed by atoms with E-state index in [-0.39, 0.29) is 0 Å². The molecule has 0 bridgehead atoms. The van der Waals surface area contributed by atoms with Crippen molar-refractivity contribution in [3.05, 3.63) is 12.2 Å². The Labute approximate surface area is 76.6 Å². The molecular weight excluding hydrogens is 176 g/mol. The van der Waals surface area contributed by atoms with Crippen molar-refractivity contribution in [2.45, 2.75) is 13.8 Å². The fourth-order valence-electron chi connectivity index (χ4n) is 0.347. The zero-order valence-corrected chi connectivity index (χ0v) is 7.69. The second-order valence-corrected chi connectivity index (χ2v) is 1.79. The first-order valence-corrected chi connectivity index (χ1v) is 3.76. The van der Waals surface area contributed by atoms with Crippen molar-refractivity contribution in [3.63, 3.8) is 0 Å². The summed E-state index contributed by atoms with van der Waals surface area (Å²) in [6.07, 6.45) is 1.12. The van der Waals surface area contributed by atoms with E-state index in [9.17, 15) is 9.59 Å². The number of hydrogen-bond donors (Lipinski definition) is 2. The summed E-state index contributed by atoms with van der Waals surface area (Å²) in [5.41, 5.74) is 0. The zero-order valence-electron chi connectivity index (χ0n) is 7.69. The summed E-state index contributed by atoms with van der Waals surface area (Å²) in [5, 5.41) is 15.6. The summed E-state index contributed by atoms with van der Waals surface area (Å²) >= 11 is 0. The Kier molecular flexibility index (Phi) is 11.6. The summed E-state index contributed by atoms with van der Waals surface area (Å²) in [6, 6.07) is 0. The molecule has 0 aromatic rings. The van der Waals surface area contributed by atoms with Crippen LogP contribution in [0.25, 0.3) is 0 Å². The van der Waals surface area contributed by atoms with Gasteiger partial charge in [0.1, 0.15) is 0 Å². The van der Waals surface area contributed by atoms with Gasteiger partial charge in [-0.15, -0.1) is 0 Å². The lowest BCUT2D eigenvalue weighted by molar-refractivity contribution is -0.134. The van der Waals surface area contributed by atoms with Gasteiger partial charge in [0, 0.05) is 25.4 Å². The minimum absolute atomic E-state index is 0.558. The van der Waals surface area contributed by atoms with Crippen LogP contribution in [-0.4, -0.2) is 35.4 Å². The molecule has 0 fully saturated rings. The Balaban J connectivity index is 0. The molecule has 0 heterocycles. The van der Waals surface area contributed by atoms with E-state index in [1.165, 1.54) is 0 Å². The van der Waals surface area contributed by atoms with Gasteiger partial charge in [-0.2, -0.15) is 0 Å². The van der Waals surface area contributed by atoms with Crippen LogP contribution in [0.5, 0.6) is 0 Å². The number of rotatable bonds is 4. The third kappa shape index (κ3) is 25.0. The molecular formula is C8H14O5. The maximum atomic E-state index is 9.55. The van der Waals surface area contributed by atoms with Gasteiger partial charge in [0.2, 0.25) is 0 Å². The monoisotopic (exact) mass is 190 g/mol. The maximum absolute atomic E-state index is 9.55. The predicted molar refractivity (Wildman–Crippen MR) is 46.6 cm³/mol. The van der Waals surface area contributed by atoms with Crippen molar-refractivity contribution >= 4 is 11.9 Å². The smallest absolute Gasteiger partial charge is 0.328 e. The topological polar surface area (TPSA) is 83.8 Å². The first-order chi connectivity index (χ1) is 6.04. The number of carboxylic acids is 2. The van der Waals surface area contributed by atoms with Crippen molar-refractivity contribution in [1.29, 1.82) is 0 Å². The van der Waals surface area contributed by atoms with Gasteiger partial charge in [-0.25, -0.2) is 9.59 Å². The van der Waals surface area contributed by atoms with Crippen LogP contribution < -0.4 is 0 Å². The summed E-state index contributed by atoms with van der Waals surface area (Å²) < 4.78 is 4.83. The Bertz CT molecular complexity index is 155. The van der Waals surface area contributed by atoms with Crippen LogP contribution in [0.4, 0.5) is 0 Å². The van der Waals surface area contributed by atoms with E-state index in [0.717, 1.165) is 13.2 Å². The number of aliphatic carboxylic acids is 2. The van der Waals surface area contributed by atoms with Gasteiger partial charge in [-0.05, 0) is 13.8 Å². The lowest BCUT2D eigenvalue weighted by Gasteiger charge is -1.86. The molecule has 0 aliphatic rings. The van der Waals surface area contributed by atoms with Gasteiger partial charge in [0.15, 0.2) is 0 Å². The standard InChI is InChI=1S/C4H4O4.C4H10O/c5-3(6)1-2-4(7)8;1-3-5-4-2/h1-2H,(H,5,6)(H,7,8);3-4H2,1-2H3/b2-1-;. The van der Waals surface area contributed by atoms with Gasteiger partial charge >= 0.3 is 11.9 Å². The summed E-state index contributed by atoms with van der Waals surface area (Å²) in [4.78, 5) is 19.1. The van der Waals surface area contributed by atoms with Crippen LogP contribution in [0.15, 0.2) is 12.2 Å². The maximum Gasteiger partial charge on any atom is 0.328 e. The van der Waals surface area contributed by atoms with Crippen molar-refractivity contribution in [1.82, 2.24) is 0 Å². The van der Waals surface area contributed by atoms with E-state index < -0.39 is 11.9 Å². The highest BCUT2D eigenvalue weighted by Gasteiger charge is 1.88. The summed E-state index contributed by atoms with van der Waals surface area (Å²) in [5.74, 6) is -2.51. The Morgan fingerprint density at radius 1 is 1.08 bits per heavy atom. The molecule has 0 saturated heterocycles. The van der Waals surface area contributed by atoms with E-state index >= 15 is 0 Å². The van der Waals surface area contributed by atoms with E-state index in [1.807, 2.05) is 13.8 Å². The molecule has 76 valence electrons. The van der Waals surface area contributed by atoms with Crippen LogP contribution in [0, 0.1) is 0 Å². The van der Waals surface area contributed by atoms with Crippen LogP contribution >= 0.6 is 0 Å². The lowest BCUT2D eigenvalue weighted by atomic mass is 10.5. The van der Waals surface area contributed by atoms with Crippen molar-refractivity contribution in [3.8, 4) is 0 Å². The molecule has 0 saturated carbocycles. The molecule has 0 aromatic heterocycles. The largest absolute Gasteiger partial charge is 0.478 e. The minimum atomic E-state index is -1.26. The first-order valence-electron chi connectivity index (χ1n) is 3.76. The molecule has 13 heavy (non-hydrogen) atoms. The Morgan fingerprint density at radius 2 is 1.38 bits per heavy atom. The molecule has 0 aliphatic heterocycles. The van der Waals surface area contributed by atoms with E-state index in [2.05, 4.69) is 0 Å². The van der Waals surface area contributed by atoms with Gasteiger partial charge in [0.05, 0.1) is 0 Å². The number of hydrogen-bond acceptors (Lipinski definition) is 3. The number of carbonyl (C=O) groups is 2. The van der Waals surface area contributed by atoms with Gasteiger partial charge < -0.3 is 14.9 Å². The summed E-state index contributed by atoms with van der Waals surface area (Å²) in [6.45, 7) is 5.67. The van der Waals surface area contributed by atoms with Gasteiger partial charge in [-0.3, -0.25) is 0 Å². The second kappa shape index (κ2) is 10.6. The van der Waals surface area contributed by atoms with Crippen LogP contribution in [-0.2, 0) is 14.3 Å². The predicted octanol–water partition coefficient (Wildman–Crippen LogP) is 0.755. The fourth-order valence-corrected chi connectivity index (χ4v) is 0.347. The van der Waals surface area contributed by atoms with Crippen LogP contribution in [0.2, 0.25) is 0 Å². The molecule has 0 rings (SSSR count). The van der Waals surface area contributed by atoms with Crippen LogP contribution in [0.1, 0.15) is 13.8 Å². The number of carboxylic acid groups (broad SMARTS) is 2. The third-order valence-corrected chi connectivity index (χ3v) is 0.777. The molecule has 0 unspecified atom stereocenters. The average Bonchev–Trinajstić information content (AvgIpc) is 2.03. The molecule has 5 nitrogen and oxygen atoms in total. The minimum Gasteiger partial charge on any atom is -0.478 e. The molecule has 0 aliphatic carbocycles. The average molecular weight is 190 g/mol. The highest BCUT2D eigenvalue weighted by Crippen LogP contribution is 1.70. The van der Waals surface area contributed by atoms with Crippen molar-refractivity contribution < 1.29 is 24.5 Å². The number of ether oxygens (including phenoxy) is 1. The second-order valence-electron chi connectivity index (χ2n) is 1.79. The van der Waals surface area contributed by atoms with E-state index in [1.54, 1.807) is 0 Å². The van der Waals surface area contributed by atoms with Crippen molar-refractivity contribution in [2.24, 2.45) is 0 Å². The van der Waals surface area contributed by atoms with Gasteiger partial charge in [0.25, 0.3) is 0 Å². The molecule has 0 spiro atoms. The van der Waals surface area contributed by atoms with E-state index in [0.29, 0.717) is 12.2 Å².